The van der Waals surface area contributed by atoms with Crippen LogP contribution < -0.4 is 5.69 Å². The lowest BCUT2D eigenvalue weighted by Crippen LogP contribution is -2.44. The van der Waals surface area contributed by atoms with Gasteiger partial charge in [0.2, 0.25) is 0 Å². The predicted molar refractivity (Wildman–Crippen MR) is 120 cm³/mol. The maximum absolute atomic E-state index is 13.1. The highest BCUT2D eigenvalue weighted by Gasteiger charge is 2.34. The molecule has 4 nitrogen and oxygen atoms in total. The van der Waals surface area contributed by atoms with E-state index in [1.165, 1.54) is 29.5 Å². The normalized spacial score (nSPS) is 20.3. The van der Waals surface area contributed by atoms with E-state index >= 15 is 0 Å². The number of fused-ring (bicyclic) bond motifs is 2. The molecule has 150 valence electrons. The van der Waals surface area contributed by atoms with Gasteiger partial charge in [-0.1, -0.05) is 36.2 Å². The monoisotopic (exact) mass is 407 g/mol. The number of hydrogen-bond donors (Lipinski definition) is 1. The molecule has 1 fully saturated rings. The number of aromatic amines is 1. The van der Waals surface area contributed by atoms with Crippen molar-refractivity contribution in [3.63, 3.8) is 0 Å². The molecule has 2 aliphatic heterocycles. The highest BCUT2D eigenvalue weighted by Crippen LogP contribution is 2.41. The van der Waals surface area contributed by atoms with Gasteiger partial charge in [-0.3, -0.25) is 9.47 Å². The van der Waals surface area contributed by atoms with Crippen molar-refractivity contribution >= 4 is 33.9 Å². The number of nitrogens with one attached hydrogen (secondary N) is 1. The van der Waals surface area contributed by atoms with Crippen molar-refractivity contribution in [2.75, 3.05) is 13.1 Å². The predicted octanol–water partition coefficient (Wildman–Crippen LogP) is 5.23. The molecule has 0 amide bonds. The van der Waals surface area contributed by atoms with Crippen LogP contribution in [0.15, 0.2) is 41.2 Å². The zero-order chi connectivity index (χ0) is 20.1. The van der Waals surface area contributed by atoms with Gasteiger partial charge in [0.25, 0.3) is 0 Å². The van der Waals surface area contributed by atoms with E-state index < -0.39 is 0 Å². The van der Waals surface area contributed by atoms with Crippen LogP contribution in [0.25, 0.3) is 22.3 Å². The molecule has 2 aliphatic rings. The molecule has 1 atom stereocenters. The third-order valence-corrected chi connectivity index (χ3v) is 6.95. The van der Waals surface area contributed by atoms with E-state index in [4.69, 9.17) is 11.6 Å². The van der Waals surface area contributed by atoms with Gasteiger partial charge in [-0.05, 0) is 73.7 Å². The Labute approximate surface area is 175 Å². The largest absolute Gasteiger partial charge is 0.330 e. The number of halogens is 1. The second-order valence-electron chi connectivity index (χ2n) is 8.36. The number of hydrogen-bond acceptors (Lipinski definition) is 2. The molecule has 1 aromatic heterocycles. The first kappa shape index (κ1) is 18.7. The molecule has 0 saturated carbocycles. The third-order valence-electron chi connectivity index (χ3n) is 6.63. The second kappa shape index (κ2) is 7.19. The number of aromatic nitrogens is 2. The van der Waals surface area contributed by atoms with E-state index in [2.05, 4.69) is 41.9 Å². The van der Waals surface area contributed by atoms with Crippen molar-refractivity contribution < 1.29 is 0 Å². The van der Waals surface area contributed by atoms with Crippen molar-refractivity contribution in [2.24, 2.45) is 0 Å². The minimum atomic E-state index is -0.0613. The molecule has 1 saturated heterocycles. The molecule has 5 heteroatoms. The van der Waals surface area contributed by atoms with E-state index in [1.54, 1.807) is 0 Å². The number of nitrogens with zero attached hydrogens (tertiary/aromatic N) is 2. The number of piperidine rings is 1. The SMILES string of the molecule is Cc1cc2[nH]c(=O)n(C3=C(c4ccccc4Cl)C4CCCCN4CC3)c2cc1C. The molecule has 3 aromatic rings. The first-order valence-corrected chi connectivity index (χ1v) is 10.9. The van der Waals surface area contributed by atoms with Crippen molar-refractivity contribution in [3.05, 3.63) is 68.6 Å². The lowest BCUT2D eigenvalue weighted by Gasteiger charge is -2.42. The molecule has 1 unspecified atom stereocenters. The van der Waals surface area contributed by atoms with Crippen LogP contribution in [0.5, 0.6) is 0 Å². The lowest BCUT2D eigenvalue weighted by atomic mass is 9.85. The molecule has 0 bridgehead atoms. The average Bonchev–Trinajstić information content (AvgIpc) is 3.02. The zero-order valence-corrected chi connectivity index (χ0v) is 17.7. The van der Waals surface area contributed by atoms with Crippen LogP contribution in [0.1, 0.15) is 42.4 Å². The average molecular weight is 408 g/mol. The number of imidazole rings is 1. The highest BCUT2D eigenvalue weighted by molar-refractivity contribution is 6.32. The quantitative estimate of drug-likeness (QED) is 0.632. The fraction of sp³-hybridized carbons (Fsp3) is 0.375. The van der Waals surface area contributed by atoms with E-state index in [1.807, 2.05) is 22.8 Å². The van der Waals surface area contributed by atoms with Gasteiger partial charge >= 0.3 is 5.69 Å². The summed E-state index contributed by atoms with van der Waals surface area (Å²) in [6.07, 6.45) is 4.41. The van der Waals surface area contributed by atoms with Crippen LogP contribution in [-0.2, 0) is 0 Å². The maximum atomic E-state index is 13.1. The zero-order valence-electron chi connectivity index (χ0n) is 17.0. The van der Waals surface area contributed by atoms with E-state index in [0.717, 1.165) is 53.2 Å². The van der Waals surface area contributed by atoms with Crippen LogP contribution in [0.2, 0.25) is 5.02 Å². The molecule has 0 aliphatic carbocycles. The summed E-state index contributed by atoms with van der Waals surface area (Å²) in [6.45, 7) is 6.29. The second-order valence-corrected chi connectivity index (χ2v) is 8.76. The summed E-state index contributed by atoms with van der Waals surface area (Å²) in [7, 11) is 0. The van der Waals surface area contributed by atoms with Crippen molar-refractivity contribution in [1.29, 1.82) is 0 Å². The molecule has 29 heavy (non-hydrogen) atoms. The molecule has 0 radical (unpaired) electrons. The lowest BCUT2D eigenvalue weighted by molar-refractivity contribution is 0.183. The van der Waals surface area contributed by atoms with Crippen LogP contribution in [0, 0.1) is 13.8 Å². The fourth-order valence-corrected chi connectivity index (χ4v) is 5.28. The minimum absolute atomic E-state index is 0.0613. The molecular weight excluding hydrogens is 382 g/mol. The Morgan fingerprint density at radius 1 is 1.07 bits per heavy atom. The van der Waals surface area contributed by atoms with Crippen LogP contribution in [-0.4, -0.2) is 33.6 Å². The summed E-state index contributed by atoms with van der Waals surface area (Å²) < 4.78 is 1.91. The van der Waals surface area contributed by atoms with Gasteiger partial charge in [0, 0.05) is 29.7 Å². The van der Waals surface area contributed by atoms with Gasteiger partial charge in [0.1, 0.15) is 0 Å². The molecule has 5 rings (SSSR count). The maximum Gasteiger partial charge on any atom is 0.330 e. The van der Waals surface area contributed by atoms with Gasteiger partial charge in [-0.25, -0.2) is 4.79 Å². The van der Waals surface area contributed by atoms with Gasteiger partial charge in [-0.15, -0.1) is 0 Å². The first-order chi connectivity index (χ1) is 14.0. The number of benzene rings is 2. The molecule has 0 spiro atoms. The van der Waals surface area contributed by atoms with Crippen molar-refractivity contribution in [3.8, 4) is 0 Å². The van der Waals surface area contributed by atoms with Gasteiger partial charge < -0.3 is 4.98 Å². The summed E-state index contributed by atoms with van der Waals surface area (Å²) >= 11 is 6.67. The highest BCUT2D eigenvalue weighted by atomic mass is 35.5. The molecule has 2 aromatic carbocycles. The summed E-state index contributed by atoms with van der Waals surface area (Å²) in [4.78, 5) is 18.8. The van der Waals surface area contributed by atoms with Gasteiger partial charge in [0.05, 0.1) is 11.0 Å². The van der Waals surface area contributed by atoms with Crippen LogP contribution in [0.4, 0.5) is 0 Å². The topological polar surface area (TPSA) is 41.0 Å². The Morgan fingerprint density at radius 3 is 2.69 bits per heavy atom. The Balaban J connectivity index is 1.82. The number of aryl methyl sites for hydroxylation is 2. The Hall–Kier alpha value is -2.30. The summed E-state index contributed by atoms with van der Waals surface area (Å²) in [6, 6.07) is 12.6. The molecular formula is C24H26ClN3O. The van der Waals surface area contributed by atoms with E-state index in [0.29, 0.717) is 6.04 Å². The van der Waals surface area contributed by atoms with Gasteiger partial charge in [-0.2, -0.15) is 0 Å². The van der Waals surface area contributed by atoms with Crippen LogP contribution >= 0.6 is 11.6 Å². The molecule has 1 N–H and O–H groups in total. The standard InChI is InChI=1S/C24H26ClN3O/c1-15-13-19-22(14-16(15)2)28(24(29)26-19)21-10-12-27-11-6-5-9-20(27)23(21)17-7-3-4-8-18(17)25/h3-4,7-8,13-14,20H,5-6,9-12H2,1-2H3,(H,26,29). The first-order valence-electron chi connectivity index (χ1n) is 10.5. The Morgan fingerprint density at radius 2 is 1.86 bits per heavy atom. The summed E-state index contributed by atoms with van der Waals surface area (Å²) in [5.41, 5.74) is 7.56. The summed E-state index contributed by atoms with van der Waals surface area (Å²) in [5.74, 6) is 0. The fourth-order valence-electron chi connectivity index (χ4n) is 5.04. The van der Waals surface area contributed by atoms with Crippen molar-refractivity contribution in [1.82, 2.24) is 14.5 Å². The minimum Gasteiger partial charge on any atom is -0.305 e. The molecule has 3 heterocycles. The van der Waals surface area contributed by atoms with Gasteiger partial charge in [0.15, 0.2) is 0 Å². The smallest absolute Gasteiger partial charge is 0.305 e. The number of H-pyrrole nitrogens is 1. The number of rotatable bonds is 2. The summed E-state index contributed by atoms with van der Waals surface area (Å²) in [5, 5.41) is 0.757. The van der Waals surface area contributed by atoms with E-state index in [9.17, 15) is 4.79 Å². The van der Waals surface area contributed by atoms with E-state index in [-0.39, 0.29) is 5.69 Å². The Bertz CT molecular complexity index is 1190. The Kier molecular flexibility index (Phi) is 4.64. The van der Waals surface area contributed by atoms with Crippen molar-refractivity contribution in [2.45, 2.75) is 45.6 Å². The van der Waals surface area contributed by atoms with Crippen LogP contribution in [0.3, 0.4) is 0 Å². The third kappa shape index (κ3) is 3.06.